The molecule has 7 nitrogen and oxygen atoms in total. The highest BCUT2D eigenvalue weighted by atomic mass is 16.7. The van der Waals surface area contributed by atoms with Gasteiger partial charge in [-0.3, -0.25) is 10.1 Å². The van der Waals surface area contributed by atoms with E-state index >= 15 is 0 Å². The summed E-state index contributed by atoms with van der Waals surface area (Å²) < 4.78 is 15.6. The fraction of sp³-hybridized carbons (Fsp3) is 0.105. The van der Waals surface area contributed by atoms with E-state index in [9.17, 15) is 14.9 Å². The van der Waals surface area contributed by atoms with Crippen molar-refractivity contribution in [1.82, 2.24) is 0 Å². The molecule has 0 saturated carbocycles. The Labute approximate surface area is 149 Å². The van der Waals surface area contributed by atoms with Crippen LogP contribution >= 0.6 is 0 Å². The van der Waals surface area contributed by atoms with Crippen LogP contribution in [0.25, 0.3) is 12.2 Å². The predicted molar refractivity (Wildman–Crippen MR) is 94.7 cm³/mol. The van der Waals surface area contributed by atoms with Crippen LogP contribution in [0.2, 0.25) is 0 Å². The maximum atomic E-state index is 11.7. The molecule has 26 heavy (non-hydrogen) atoms. The van der Waals surface area contributed by atoms with Crippen molar-refractivity contribution < 1.29 is 23.9 Å². The van der Waals surface area contributed by atoms with Crippen molar-refractivity contribution in [2.24, 2.45) is 0 Å². The SMILES string of the molecule is O=C(/C=C\c1ccc([N+](=O)[O-])cc1)OC/C=C/c1ccc2c(c1)OCO2. The van der Waals surface area contributed by atoms with E-state index in [4.69, 9.17) is 14.2 Å². The lowest BCUT2D eigenvalue weighted by Crippen LogP contribution is -1.99. The molecule has 0 atom stereocenters. The molecule has 7 heteroatoms. The number of ether oxygens (including phenoxy) is 3. The first-order valence-corrected chi connectivity index (χ1v) is 7.77. The fourth-order valence-electron chi connectivity index (χ4n) is 2.25. The predicted octanol–water partition coefficient (Wildman–Crippen LogP) is 3.59. The van der Waals surface area contributed by atoms with Gasteiger partial charge in [-0.15, -0.1) is 0 Å². The summed E-state index contributed by atoms with van der Waals surface area (Å²) in [5.41, 5.74) is 1.58. The van der Waals surface area contributed by atoms with Crippen LogP contribution < -0.4 is 9.47 Å². The molecule has 0 bridgehead atoms. The monoisotopic (exact) mass is 353 g/mol. The molecule has 132 valence electrons. The van der Waals surface area contributed by atoms with Gasteiger partial charge in [0.15, 0.2) is 11.5 Å². The maximum Gasteiger partial charge on any atom is 0.331 e. The quantitative estimate of drug-likeness (QED) is 0.341. The van der Waals surface area contributed by atoms with Crippen LogP contribution in [-0.4, -0.2) is 24.3 Å². The number of hydrogen-bond acceptors (Lipinski definition) is 6. The summed E-state index contributed by atoms with van der Waals surface area (Å²) in [6.07, 6.45) is 6.34. The van der Waals surface area contributed by atoms with Gasteiger partial charge in [0.25, 0.3) is 5.69 Å². The first-order valence-electron chi connectivity index (χ1n) is 7.77. The van der Waals surface area contributed by atoms with E-state index in [0.29, 0.717) is 17.1 Å². The van der Waals surface area contributed by atoms with Gasteiger partial charge in [0.2, 0.25) is 6.79 Å². The molecule has 1 aliphatic rings. The second-order valence-corrected chi connectivity index (χ2v) is 5.33. The Morgan fingerprint density at radius 1 is 1.08 bits per heavy atom. The number of carbonyl (C=O) groups excluding carboxylic acids is 1. The number of nitrogens with zero attached hydrogens (tertiary/aromatic N) is 1. The molecule has 0 unspecified atom stereocenters. The Balaban J connectivity index is 1.47. The average molecular weight is 353 g/mol. The highest BCUT2D eigenvalue weighted by molar-refractivity contribution is 5.87. The van der Waals surface area contributed by atoms with Crippen LogP contribution in [0.15, 0.2) is 54.6 Å². The molecule has 0 fully saturated rings. The molecule has 0 saturated heterocycles. The molecule has 2 aromatic rings. The number of nitro groups is 1. The van der Waals surface area contributed by atoms with Crippen molar-refractivity contribution in [3.8, 4) is 11.5 Å². The minimum Gasteiger partial charge on any atom is -0.458 e. The average Bonchev–Trinajstić information content (AvgIpc) is 3.11. The molecule has 1 aliphatic heterocycles. The lowest BCUT2D eigenvalue weighted by molar-refractivity contribution is -0.384. The Morgan fingerprint density at radius 2 is 1.81 bits per heavy atom. The zero-order chi connectivity index (χ0) is 18.4. The molecular weight excluding hydrogens is 338 g/mol. The molecule has 2 aromatic carbocycles. The highest BCUT2D eigenvalue weighted by Crippen LogP contribution is 2.32. The number of benzene rings is 2. The van der Waals surface area contributed by atoms with E-state index in [2.05, 4.69) is 0 Å². The summed E-state index contributed by atoms with van der Waals surface area (Å²) in [4.78, 5) is 21.8. The van der Waals surface area contributed by atoms with Crippen LogP contribution in [0, 0.1) is 10.1 Å². The molecule has 0 N–H and O–H groups in total. The van der Waals surface area contributed by atoms with Crippen molar-refractivity contribution >= 4 is 23.8 Å². The molecule has 0 aromatic heterocycles. The Hall–Kier alpha value is -3.61. The van der Waals surface area contributed by atoms with E-state index in [-0.39, 0.29) is 19.1 Å². The Kier molecular flexibility index (Phi) is 5.28. The third-order valence-electron chi connectivity index (χ3n) is 3.54. The van der Waals surface area contributed by atoms with Gasteiger partial charge in [-0.2, -0.15) is 0 Å². The van der Waals surface area contributed by atoms with Gasteiger partial charge in [-0.1, -0.05) is 12.1 Å². The van der Waals surface area contributed by atoms with Gasteiger partial charge in [0.1, 0.15) is 6.61 Å². The molecule has 0 radical (unpaired) electrons. The van der Waals surface area contributed by atoms with Gasteiger partial charge in [0, 0.05) is 18.2 Å². The third kappa shape index (κ3) is 4.47. The summed E-state index contributed by atoms with van der Waals surface area (Å²) in [7, 11) is 0. The summed E-state index contributed by atoms with van der Waals surface area (Å²) >= 11 is 0. The first-order chi connectivity index (χ1) is 12.6. The van der Waals surface area contributed by atoms with Crippen LogP contribution in [-0.2, 0) is 9.53 Å². The lowest BCUT2D eigenvalue weighted by atomic mass is 10.2. The number of carbonyl (C=O) groups is 1. The topological polar surface area (TPSA) is 87.9 Å². The van der Waals surface area contributed by atoms with Crippen LogP contribution in [0.1, 0.15) is 11.1 Å². The van der Waals surface area contributed by atoms with E-state index in [0.717, 1.165) is 5.56 Å². The lowest BCUT2D eigenvalue weighted by Gasteiger charge is -1.99. The largest absolute Gasteiger partial charge is 0.458 e. The summed E-state index contributed by atoms with van der Waals surface area (Å²) in [5.74, 6) is 0.902. The smallest absolute Gasteiger partial charge is 0.331 e. The molecule has 1 heterocycles. The standard InChI is InChI=1S/C19H15NO6/c21-19(10-6-14-3-7-16(8-4-14)20(22)23)24-11-1-2-15-5-9-17-18(12-15)26-13-25-17/h1-10,12H,11,13H2/b2-1+,10-6-. The summed E-state index contributed by atoms with van der Waals surface area (Å²) in [6, 6.07) is 11.4. The van der Waals surface area contributed by atoms with E-state index in [1.807, 2.05) is 24.3 Å². The number of fused-ring (bicyclic) bond motifs is 1. The zero-order valence-corrected chi connectivity index (χ0v) is 13.7. The van der Waals surface area contributed by atoms with Crippen molar-refractivity contribution in [1.29, 1.82) is 0 Å². The number of non-ortho nitro benzene ring substituents is 1. The van der Waals surface area contributed by atoms with Gasteiger partial charge < -0.3 is 14.2 Å². The van der Waals surface area contributed by atoms with Gasteiger partial charge >= 0.3 is 5.97 Å². The van der Waals surface area contributed by atoms with Gasteiger partial charge in [0.05, 0.1) is 4.92 Å². The molecular formula is C19H15NO6. The molecule has 3 rings (SSSR count). The first kappa shape index (κ1) is 17.2. The van der Waals surface area contributed by atoms with Gasteiger partial charge in [-0.05, 0) is 47.5 Å². The number of rotatable bonds is 6. The second kappa shape index (κ2) is 7.98. The molecule has 0 amide bonds. The van der Waals surface area contributed by atoms with Gasteiger partial charge in [-0.25, -0.2) is 4.79 Å². The van der Waals surface area contributed by atoms with Crippen LogP contribution in [0.4, 0.5) is 5.69 Å². The number of nitro benzene ring substituents is 1. The summed E-state index contributed by atoms with van der Waals surface area (Å²) in [5, 5.41) is 10.6. The molecule has 0 aliphatic carbocycles. The molecule has 0 spiro atoms. The second-order valence-electron chi connectivity index (χ2n) is 5.33. The highest BCUT2D eigenvalue weighted by Gasteiger charge is 2.12. The normalized spacial score (nSPS) is 12.6. The number of hydrogen-bond donors (Lipinski definition) is 0. The number of esters is 1. The van der Waals surface area contributed by atoms with Crippen LogP contribution in [0.3, 0.4) is 0 Å². The minimum atomic E-state index is -0.501. The third-order valence-corrected chi connectivity index (χ3v) is 3.54. The Bertz CT molecular complexity index is 870. The summed E-state index contributed by atoms with van der Waals surface area (Å²) in [6.45, 7) is 0.346. The van der Waals surface area contributed by atoms with E-state index in [1.165, 1.54) is 24.3 Å². The Morgan fingerprint density at radius 3 is 2.58 bits per heavy atom. The van der Waals surface area contributed by atoms with Crippen molar-refractivity contribution in [3.63, 3.8) is 0 Å². The maximum absolute atomic E-state index is 11.7. The minimum absolute atomic E-state index is 0.00150. The van der Waals surface area contributed by atoms with Crippen LogP contribution in [0.5, 0.6) is 11.5 Å². The van der Waals surface area contributed by atoms with Crippen molar-refractivity contribution in [3.05, 3.63) is 75.9 Å². The van der Waals surface area contributed by atoms with Crippen molar-refractivity contribution in [2.75, 3.05) is 13.4 Å². The zero-order valence-electron chi connectivity index (χ0n) is 13.7. The van der Waals surface area contributed by atoms with E-state index in [1.54, 1.807) is 18.2 Å². The fourth-order valence-corrected chi connectivity index (χ4v) is 2.25. The van der Waals surface area contributed by atoms with E-state index < -0.39 is 10.9 Å². The van der Waals surface area contributed by atoms with Crippen molar-refractivity contribution in [2.45, 2.75) is 0 Å².